The molecule has 94 valence electrons. The van der Waals surface area contributed by atoms with Crippen LogP contribution in [0.2, 0.25) is 0 Å². The zero-order chi connectivity index (χ0) is 12.9. The van der Waals surface area contributed by atoms with Gasteiger partial charge in [-0.3, -0.25) is 0 Å². The van der Waals surface area contributed by atoms with Gasteiger partial charge in [-0.05, 0) is 12.0 Å². The lowest BCUT2D eigenvalue weighted by molar-refractivity contribution is -0.190. The van der Waals surface area contributed by atoms with Crippen LogP contribution in [0.5, 0.6) is 0 Å². The van der Waals surface area contributed by atoms with Crippen LogP contribution in [0.1, 0.15) is 18.9 Å². The fraction of sp³-hybridized carbons (Fsp3) is 0.417. The summed E-state index contributed by atoms with van der Waals surface area (Å²) in [7, 11) is 0. The molecule has 3 nitrogen and oxygen atoms in total. The van der Waals surface area contributed by atoms with Crippen LogP contribution in [0.15, 0.2) is 30.3 Å². The van der Waals surface area contributed by atoms with E-state index in [1.807, 2.05) is 0 Å². The third-order valence-corrected chi connectivity index (χ3v) is 2.29. The summed E-state index contributed by atoms with van der Waals surface area (Å²) in [6.07, 6.45) is -2.22. The van der Waals surface area contributed by atoms with Crippen LogP contribution in [0.25, 0.3) is 0 Å². The molecule has 0 spiro atoms. The molecule has 1 atom stereocenters. The van der Waals surface area contributed by atoms with Crippen LogP contribution >= 0.6 is 0 Å². The first-order valence-corrected chi connectivity index (χ1v) is 5.25. The van der Waals surface area contributed by atoms with E-state index in [9.17, 15) is 13.6 Å². The molecule has 0 heterocycles. The molecular formula is C12H14F2O3. The minimum atomic E-state index is -3.86. The number of halogens is 2. The molecule has 0 saturated carbocycles. The maximum Gasteiger partial charge on any atom is 0.380 e. The number of hydrogen-bond acceptors (Lipinski definition) is 3. The van der Waals surface area contributed by atoms with E-state index < -0.39 is 18.0 Å². The summed E-state index contributed by atoms with van der Waals surface area (Å²) >= 11 is 0. The van der Waals surface area contributed by atoms with Gasteiger partial charge < -0.3 is 9.84 Å². The second kappa shape index (κ2) is 5.72. The molecule has 1 N–H and O–H groups in total. The Morgan fingerprint density at radius 2 is 2.00 bits per heavy atom. The molecule has 0 saturated heterocycles. The molecule has 0 amide bonds. The van der Waals surface area contributed by atoms with Crippen molar-refractivity contribution >= 4 is 5.97 Å². The molecule has 17 heavy (non-hydrogen) atoms. The summed E-state index contributed by atoms with van der Waals surface area (Å²) in [6, 6.07) is 8.49. The molecule has 5 heteroatoms. The van der Waals surface area contributed by atoms with Crippen molar-refractivity contribution in [3.05, 3.63) is 35.9 Å². The second-order valence-electron chi connectivity index (χ2n) is 3.61. The predicted octanol–water partition coefficient (Wildman–Crippen LogP) is 2.14. The SMILES string of the molecule is CCC(O)C(F)(F)C(=O)OCc1ccccc1. The lowest BCUT2D eigenvalue weighted by Gasteiger charge is -2.19. The standard InChI is InChI=1S/C12H14F2O3/c1-2-10(15)12(13,14)11(16)17-8-9-6-4-3-5-7-9/h3-7,10,15H,2,8H2,1H3. The Morgan fingerprint density at radius 1 is 1.41 bits per heavy atom. The molecule has 0 fully saturated rings. The maximum atomic E-state index is 13.2. The molecule has 1 unspecified atom stereocenters. The van der Waals surface area contributed by atoms with Crippen molar-refractivity contribution in [1.29, 1.82) is 0 Å². The Labute approximate surface area is 98.0 Å². The third-order valence-electron chi connectivity index (χ3n) is 2.29. The predicted molar refractivity (Wildman–Crippen MR) is 57.5 cm³/mol. The highest BCUT2D eigenvalue weighted by molar-refractivity contribution is 5.78. The van der Waals surface area contributed by atoms with Crippen LogP contribution < -0.4 is 0 Å². The highest BCUT2D eigenvalue weighted by atomic mass is 19.3. The molecule has 1 aromatic carbocycles. The van der Waals surface area contributed by atoms with E-state index in [0.29, 0.717) is 5.56 Å². The van der Waals surface area contributed by atoms with E-state index in [1.54, 1.807) is 30.3 Å². The maximum absolute atomic E-state index is 13.2. The minimum Gasteiger partial charge on any atom is -0.456 e. The number of esters is 1. The van der Waals surface area contributed by atoms with Crippen molar-refractivity contribution in [2.45, 2.75) is 32.0 Å². The highest BCUT2D eigenvalue weighted by Crippen LogP contribution is 2.23. The zero-order valence-electron chi connectivity index (χ0n) is 9.40. The largest absolute Gasteiger partial charge is 0.456 e. The first-order valence-electron chi connectivity index (χ1n) is 5.25. The number of ether oxygens (including phenoxy) is 1. The zero-order valence-corrected chi connectivity index (χ0v) is 9.40. The van der Waals surface area contributed by atoms with E-state index in [-0.39, 0.29) is 13.0 Å². The van der Waals surface area contributed by atoms with Crippen LogP contribution in [0.3, 0.4) is 0 Å². The Morgan fingerprint density at radius 3 is 2.53 bits per heavy atom. The number of aliphatic hydroxyl groups excluding tert-OH is 1. The molecule has 0 aliphatic heterocycles. The molecule has 0 bridgehead atoms. The number of aliphatic hydroxyl groups is 1. The Hall–Kier alpha value is -1.49. The van der Waals surface area contributed by atoms with Gasteiger partial charge in [-0.15, -0.1) is 0 Å². The fourth-order valence-electron chi connectivity index (χ4n) is 1.21. The van der Waals surface area contributed by atoms with E-state index in [2.05, 4.69) is 4.74 Å². The summed E-state index contributed by atoms with van der Waals surface area (Å²) in [4.78, 5) is 11.1. The average Bonchev–Trinajstić information content (AvgIpc) is 2.35. The molecule has 1 aromatic rings. The summed E-state index contributed by atoms with van der Waals surface area (Å²) in [5.41, 5.74) is 0.614. The summed E-state index contributed by atoms with van der Waals surface area (Å²) < 4.78 is 30.8. The summed E-state index contributed by atoms with van der Waals surface area (Å²) in [5, 5.41) is 9.00. The van der Waals surface area contributed by atoms with Crippen molar-refractivity contribution < 1.29 is 23.4 Å². The second-order valence-corrected chi connectivity index (χ2v) is 3.61. The van der Waals surface area contributed by atoms with Crippen LogP contribution in [0.4, 0.5) is 8.78 Å². The van der Waals surface area contributed by atoms with Crippen molar-refractivity contribution in [3.8, 4) is 0 Å². The van der Waals surface area contributed by atoms with E-state index >= 15 is 0 Å². The molecule has 0 radical (unpaired) electrons. The first kappa shape index (κ1) is 13.6. The molecule has 0 aliphatic rings. The monoisotopic (exact) mass is 244 g/mol. The Balaban J connectivity index is 2.55. The number of hydrogen-bond donors (Lipinski definition) is 1. The van der Waals surface area contributed by atoms with Gasteiger partial charge >= 0.3 is 11.9 Å². The van der Waals surface area contributed by atoms with Crippen molar-refractivity contribution in [1.82, 2.24) is 0 Å². The van der Waals surface area contributed by atoms with Gasteiger partial charge in [-0.2, -0.15) is 8.78 Å². The smallest absolute Gasteiger partial charge is 0.380 e. The van der Waals surface area contributed by atoms with Crippen LogP contribution in [0, 0.1) is 0 Å². The topological polar surface area (TPSA) is 46.5 Å². The Kier molecular flexibility index (Phi) is 4.57. The Bertz CT molecular complexity index is 365. The van der Waals surface area contributed by atoms with Crippen molar-refractivity contribution in [2.24, 2.45) is 0 Å². The normalized spacial score (nSPS) is 13.2. The summed E-state index contributed by atoms with van der Waals surface area (Å²) in [5.74, 6) is -5.56. The third kappa shape index (κ3) is 3.49. The fourth-order valence-corrected chi connectivity index (χ4v) is 1.21. The minimum absolute atomic E-state index is 0.215. The first-order chi connectivity index (χ1) is 7.98. The summed E-state index contributed by atoms with van der Waals surface area (Å²) in [6.45, 7) is 1.13. The van der Waals surface area contributed by atoms with Gasteiger partial charge in [-0.1, -0.05) is 37.3 Å². The lowest BCUT2D eigenvalue weighted by atomic mass is 10.1. The highest BCUT2D eigenvalue weighted by Gasteiger charge is 2.47. The van der Waals surface area contributed by atoms with Crippen molar-refractivity contribution in [3.63, 3.8) is 0 Å². The number of benzene rings is 1. The van der Waals surface area contributed by atoms with Gasteiger partial charge in [0.2, 0.25) is 0 Å². The molecule has 0 aliphatic carbocycles. The van der Waals surface area contributed by atoms with Gasteiger partial charge in [0.15, 0.2) is 0 Å². The number of carbonyl (C=O) groups excluding carboxylic acids is 1. The van der Waals surface area contributed by atoms with E-state index in [4.69, 9.17) is 5.11 Å². The van der Waals surface area contributed by atoms with Gasteiger partial charge in [0.25, 0.3) is 0 Å². The molecular weight excluding hydrogens is 230 g/mol. The van der Waals surface area contributed by atoms with Crippen LogP contribution in [-0.4, -0.2) is 23.1 Å². The molecule has 0 aromatic heterocycles. The number of carbonyl (C=O) groups is 1. The number of alkyl halides is 2. The average molecular weight is 244 g/mol. The van der Waals surface area contributed by atoms with E-state index in [1.165, 1.54) is 6.92 Å². The van der Waals surface area contributed by atoms with Crippen LogP contribution in [-0.2, 0) is 16.1 Å². The molecule has 1 rings (SSSR count). The van der Waals surface area contributed by atoms with Gasteiger partial charge in [-0.25, -0.2) is 4.79 Å². The lowest BCUT2D eigenvalue weighted by Crippen LogP contribution is -2.42. The number of rotatable bonds is 5. The van der Waals surface area contributed by atoms with E-state index in [0.717, 1.165) is 0 Å². The van der Waals surface area contributed by atoms with Gasteiger partial charge in [0, 0.05) is 0 Å². The van der Waals surface area contributed by atoms with Crippen molar-refractivity contribution in [2.75, 3.05) is 0 Å². The van der Waals surface area contributed by atoms with Gasteiger partial charge in [0.05, 0.1) is 0 Å². The quantitative estimate of drug-likeness (QED) is 0.807. The van der Waals surface area contributed by atoms with Gasteiger partial charge in [0.1, 0.15) is 12.7 Å².